The molecule has 0 aliphatic carbocycles. The van der Waals surface area contributed by atoms with Gasteiger partial charge in [-0.3, -0.25) is 19.8 Å². The minimum absolute atomic E-state index is 0.0417. The molecule has 0 radical (unpaired) electrons. The molecule has 0 aliphatic heterocycles. The van der Waals surface area contributed by atoms with Gasteiger partial charge in [0.1, 0.15) is 11.5 Å². The summed E-state index contributed by atoms with van der Waals surface area (Å²) in [5.41, 5.74) is 3.38. The lowest BCUT2D eigenvalue weighted by atomic mass is 10.1. The molecule has 0 bridgehead atoms. The molecule has 3 heterocycles. The van der Waals surface area contributed by atoms with E-state index in [4.69, 9.17) is 0 Å². The number of rotatable bonds is 5. The number of aryl methyl sites for hydroxylation is 1. The number of nitrogens with zero attached hydrogens (tertiary/aromatic N) is 4. The fourth-order valence-electron chi connectivity index (χ4n) is 3.14. The van der Waals surface area contributed by atoms with Crippen LogP contribution >= 0.6 is 11.3 Å². The van der Waals surface area contributed by atoms with Crippen LogP contribution in [0.3, 0.4) is 0 Å². The first-order chi connectivity index (χ1) is 14.4. The van der Waals surface area contributed by atoms with E-state index in [1.54, 1.807) is 22.9 Å². The highest BCUT2D eigenvalue weighted by atomic mass is 32.1. The number of amides is 1. The molecule has 6 nitrogen and oxygen atoms in total. The minimum Gasteiger partial charge on any atom is -0.298 e. The second-order valence-corrected chi connectivity index (χ2v) is 7.94. The van der Waals surface area contributed by atoms with Crippen molar-refractivity contribution in [3.8, 4) is 22.6 Å². The molecule has 0 fully saturated rings. The van der Waals surface area contributed by atoms with Crippen molar-refractivity contribution in [1.29, 1.82) is 0 Å². The number of hydrogen-bond donors (Lipinski definition) is 1. The number of halogens is 1. The van der Waals surface area contributed by atoms with Gasteiger partial charge in [-0.1, -0.05) is 18.2 Å². The average molecular weight is 422 g/mol. The third kappa shape index (κ3) is 3.86. The van der Waals surface area contributed by atoms with Crippen LogP contribution in [0.25, 0.3) is 22.6 Å². The van der Waals surface area contributed by atoms with Crippen LogP contribution in [-0.2, 0) is 0 Å². The van der Waals surface area contributed by atoms with Crippen molar-refractivity contribution in [2.45, 2.75) is 26.8 Å². The summed E-state index contributed by atoms with van der Waals surface area (Å²) in [6.07, 6.45) is 1.47. The second-order valence-electron chi connectivity index (χ2n) is 7.08. The van der Waals surface area contributed by atoms with Crippen molar-refractivity contribution < 1.29 is 9.18 Å². The van der Waals surface area contributed by atoms with Crippen LogP contribution in [0.15, 0.2) is 54.0 Å². The molecular formula is C22H20FN5OS. The van der Waals surface area contributed by atoms with Crippen LogP contribution in [-0.4, -0.2) is 25.7 Å². The van der Waals surface area contributed by atoms with Gasteiger partial charge in [-0.2, -0.15) is 5.10 Å². The molecule has 0 spiro atoms. The van der Waals surface area contributed by atoms with Gasteiger partial charge in [0.15, 0.2) is 5.13 Å². The second kappa shape index (κ2) is 8.16. The zero-order valence-corrected chi connectivity index (χ0v) is 17.6. The monoisotopic (exact) mass is 421 g/mol. The summed E-state index contributed by atoms with van der Waals surface area (Å²) in [5.74, 6) is -0.797. The number of hydrogen-bond acceptors (Lipinski definition) is 5. The lowest BCUT2D eigenvalue weighted by Crippen LogP contribution is -2.14. The molecular weight excluding hydrogens is 401 g/mol. The standard InChI is InChI=1S/C22H20FN5OS/c1-13(2)28-20(15-8-4-5-9-17(15)23)16(11-24-28)21(29)27-22-26-19(12-30-22)18-10-6-7-14(3)25-18/h4-13H,1-3H3,(H,26,27,29). The number of anilines is 1. The smallest absolute Gasteiger partial charge is 0.261 e. The van der Waals surface area contributed by atoms with Gasteiger partial charge in [0, 0.05) is 22.7 Å². The lowest BCUT2D eigenvalue weighted by Gasteiger charge is -2.13. The van der Waals surface area contributed by atoms with Gasteiger partial charge in [0.25, 0.3) is 5.91 Å². The topological polar surface area (TPSA) is 72.7 Å². The highest BCUT2D eigenvalue weighted by Gasteiger charge is 2.23. The van der Waals surface area contributed by atoms with Crippen molar-refractivity contribution in [1.82, 2.24) is 19.7 Å². The Bertz CT molecular complexity index is 1210. The van der Waals surface area contributed by atoms with Crippen LogP contribution in [0.1, 0.15) is 35.9 Å². The van der Waals surface area contributed by atoms with Crippen LogP contribution in [0, 0.1) is 12.7 Å². The molecule has 0 saturated heterocycles. The number of carbonyl (C=O) groups is 1. The van der Waals surface area contributed by atoms with E-state index in [1.807, 2.05) is 44.4 Å². The SMILES string of the molecule is Cc1cccc(-c2csc(NC(=O)c3cnn(C(C)C)c3-c3ccccc3F)n2)n1. The van der Waals surface area contributed by atoms with E-state index in [9.17, 15) is 9.18 Å². The first-order valence-corrected chi connectivity index (χ1v) is 10.4. The number of benzene rings is 1. The predicted octanol–water partition coefficient (Wildman–Crippen LogP) is 5.35. The summed E-state index contributed by atoms with van der Waals surface area (Å²) in [6, 6.07) is 12.0. The van der Waals surface area contributed by atoms with E-state index in [0.29, 0.717) is 27.6 Å². The van der Waals surface area contributed by atoms with Crippen LogP contribution < -0.4 is 5.32 Å². The van der Waals surface area contributed by atoms with Gasteiger partial charge in [-0.15, -0.1) is 11.3 Å². The Labute approximate surface area is 177 Å². The Morgan fingerprint density at radius 3 is 2.63 bits per heavy atom. The quantitative estimate of drug-likeness (QED) is 0.471. The summed E-state index contributed by atoms with van der Waals surface area (Å²) in [5, 5.41) is 9.41. The molecule has 3 aromatic heterocycles. The van der Waals surface area contributed by atoms with Gasteiger partial charge < -0.3 is 0 Å². The number of carbonyl (C=O) groups excluding carboxylic acids is 1. The third-order valence-electron chi connectivity index (χ3n) is 4.53. The molecule has 0 saturated carbocycles. The molecule has 1 aromatic carbocycles. The number of nitrogens with one attached hydrogen (secondary N) is 1. The van der Waals surface area contributed by atoms with Gasteiger partial charge in [0.2, 0.25) is 0 Å². The Hall–Kier alpha value is -3.39. The first kappa shape index (κ1) is 19.9. The van der Waals surface area contributed by atoms with Crippen LogP contribution in [0.2, 0.25) is 0 Å². The van der Waals surface area contributed by atoms with Crippen molar-refractivity contribution in [3.63, 3.8) is 0 Å². The molecule has 152 valence electrons. The van der Waals surface area contributed by atoms with Crippen molar-refractivity contribution in [3.05, 3.63) is 71.1 Å². The molecule has 0 aliphatic rings. The average Bonchev–Trinajstić information content (AvgIpc) is 3.35. The van der Waals surface area contributed by atoms with E-state index < -0.39 is 11.7 Å². The van der Waals surface area contributed by atoms with Gasteiger partial charge in [0.05, 0.1) is 23.1 Å². The number of pyridine rings is 1. The highest BCUT2D eigenvalue weighted by molar-refractivity contribution is 7.14. The van der Waals surface area contributed by atoms with E-state index >= 15 is 0 Å². The van der Waals surface area contributed by atoms with Crippen LogP contribution in [0.5, 0.6) is 0 Å². The lowest BCUT2D eigenvalue weighted by molar-refractivity contribution is 0.102. The van der Waals surface area contributed by atoms with Gasteiger partial charge in [-0.25, -0.2) is 9.37 Å². The largest absolute Gasteiger partial charge is 0.298 e. The van der Waals surface area contributed by atoms with E-state index in [0.717, 1.165) is 11.4 Å². The molecule has 8 heteroatoms. The highest BCUT2D eigenvalue weighted by Crippen LogP contribution is 2.30. The predicted molar refractivity (Wildman–Crippen MR) is 116 cm³/mol. The maximum atomic E-state index is 14.5. The summed E-state index contributed by atoms with van der Waals surface area (Å²) in [6.45, 7) is 5.77. The van der Waals surface area contributed by atoms with E-state index in [-0.39, 0.29) is 6.04 Å². The maximum absolute atomic E-state index is 14.5. The summed E-state index contributed by atoms with van der Waals surface area (Å²) < 4.78 is 16.2. The Balaban J connectivity index is 1.66. The van der Waals surface area contributed by atoms with E-state index in [2.05, 4.69) is 20.4 Å². The fraction of sp³-hybridized carbons (Fsp3) is 0.182. The summed E-state index contributed by atoms with van der Waals surface area (Å²) in [7, 11) is 0. The zero-order chi connectivity index (χ0) is 21.3. The van der Waals surface area contributed by atoms with Crippen molar-refractivity contribution in [2.75, 3.05) is 5.32 Å². The number of thiazole rings is 1. The molecule has 4 aromatic rings. The molecule has 0 atom stereocenters. The van der Waals surface area contributed by atoms with E-state index in [1.165, 1.54) is 23.6 Å². The van der Waals surface area contributed by atoms with Gasteiger partial charge >= 0.3 is 0 Å². The Morgan fingerprint density at radius 2 is 1.90 bits per heavy atom. The normalized spacial score (nSPS) is 11.1. The molecule has 4 rings (SSSR count). The molecule has 1 N–H and O–H groups in total. The third-order valence-corrected chi connectivity index (χ3v) is 5.29. The fourth-order valence-corrected chi connectivity index (χ4v) is 3.84. The van der Waals surface area contributed by atoms with Gasteiger partial charge in [-0.05, 0) is 45.0 Å². The summed E-state index contributed by atoms with van der Waals surface area (Å²) >= 11 is 1.31. The minimum atomic E-state index is -0.406. The molecule has 30 heavy (non-hydrogen) atoms. The molecule has 1 amide bonds. The Kier molecular flexibility index (Phi) is 5.41. The number of aromatic nitrogens is 4. The van der Waals surface area contributed by atoms with Crippen LogP contribution in [0.4, 0.5) is 9.52 Å². The van der Waals surface area contributed by atoms with Crippen molar-refractivity contribution in [2.24, 2.45) is 0 Å². The maximum Gasteiger partial charge on any atom is 0.261 e. The van der Waals surface area contributed by atoms with Crippen molar-refractivity contribution >= 4 is 22.4 Å². The summed E-state index contributed by atoms with van der Waals surface area (Å²) in [4.78, 5) is 21.9. The first-order valence-electron chi connectivity index (χ1n) is 9.47. The zero-order valence-electron chi connectivity index (χ0n) is 16.8. The molecule has 0 unspecified atom stereocenters. The Morgan fingerprint density at radius 1 is 1.10 bits per heavy atom.